The van der Waals surface area contributed by atoms with Gasteiger partial charge in [0.15, 0.2) is 5.69 Å². The molecule has 0 saturated heterocycles. The Balaban J connectivity index is 1.56. The first-order chi connectivity index (χ1) is 21.7. The third-order valence-electron chi connectivity index (χ3n) is 7.34. The molecule has 1 N–H and O–H groups in total. The van der Waals surface area contributed by atoms with Crippen molar-refractivity contribution in [3.05, 3.63) is 91.4 Å². The SMILES string of the molecule is COC(=O)c1cc(-n2c(N[Si](C)c3ccc(OC(F)(F)F)cc3)nc3c(c2=O)C[C@@H](C)N(C(=O)c2ccc(Cl)c(Cl)c2)C3)n(C)n1. The van der Waals surface area contributed by atoms with Crippen LogP contribution in [0, 0.1) is 0 Å². The van der Waals surface area contributed by atoms with Gasteiger partial charge in [-0.2, -0.15) is 5.10 Å². The second-order valence-corrected chi connectivity index (χ2v) is 13.3. The lowest BCUT2D eigenvalue weighted by Gasteiger charge is -2.34. The summed E-state index contributed by atoms with van der Waals surface area (Å²) in [6, 6.07) is 10.9. The molecule has 46 heavy (non-hydrogen) atoms. The number of fused-ring (bicyclic) bond motifs is 1. The van der Waals surface area contributed by atoms with Crippen LogP contribution < -0.4 is 20.5 Å². The molecule has 0 unspecified atom stereocenters. The molecule has 2 aromatic heterocycles. The Morgan fingerprint density at radius 3 is 2.41 bits per heavy atom. The quantitative estimate of drug-likeness (QED) is 0.222. The molecule has 0 aliphatic carbocycles. The summed E-state index contributed by atoms with van der Waals surface area (Å²) in [6.07, 6.45) is -4.65. The molecule has 4 aromatic rings. The Kier molecular flexibility index (Phi) is 9.20. The molecule has 2 aromatic carbocycles. The first-order valence-corrected chi connectivity index (χ1v) is 16.4. The number of carbonyl (C=O) groups excluding carboxylic acids is 2. The molecule has 0 fully saturated rings. The van der Waals surface area contributed by atoms with Crippen LogP contribution in [0.25, 0.3) is 5.82 Å². The van der Waals surface area contributed by atoms with Gasteiger partial charge in [-0.15, -0.1) is 13.2 Å². The first-order valence-electron chi connectivity index (χ1n) is 13.7. The maximum absolute atomic E-state index is 14.2. The summed E-state index contributed by atoms with van der Waals surface area (Å²) >= 11 is 12.2. The average molecular weight is 695 g/mol. The van der Waals surface area contributed by atoms with Gasteiger partial charge in [0, 0.05) is 30.3 Å². The summed E-state index contributed by atoms with van der Waals surface area (Å²) in [5.74, 6) is -1.10. The van der Waals surface area contributed by atoms with Gasteiger partial charge in [-0.05, 0) is 55.4 Å². The molecule has 3 heterocycles. The number of alkyl halides is 3. The summed E-state index contributed by atoms with van der Waals surface area (Å²) in [7, 11) is 0.952. The van der Waals surface area contributed by atoms with Crippen molar-refractivity contribution < 1.29 is 32.2 Å². The lowest BCUT2D eigenvalue weighted by molar-refractivity contribution is -0.274. The maximum Gasteiger partial charge on any atom is 0.573 e. The van der Waals surface area contributed by atoms with E-state index in [-0.39, 0.29) is 47.1 Å². The number of benzene rings is 2. The van der Waals surface area contributed by atoms with Crippen molar-refractivity contribution in [3.8, 4) is 11.6 Å². The monoisotopic (exact) mass is 693 g/mol. The fraction of sp³-hybridized carbons (Fsp3) is 0.276. The number of ether oxygens (including phenoxy) is 2. The zero-order valence-corrected chi connectivity index (χ0v) is 27.3. The van der Waals surface area contributed by atoms with Gasteiger partial charge in [0.2, 0.25) is 14.9 Å². The Morgan fingerprint density at radius 2 is 1.78 bits per heavy atom. The first kappa shape index (κ1) is 33.0. The number of hydrogen-bond donors (Lipinski definition) is 1. The molecule has 1 aliphatic rings. The van der Waals surface area contributed by atoms with Gasteiger partial charge >= 0.3 is 12.3 Å². The van der Waals surface area contributed by atoms with Gasteiger partial charge in [0.1, 0.15) is 11.6 Å². The second-order valence-electron chi connectivity index (χ2n) is 10.4. The maximum atomic E-state index is 14.2. The van der Waals surface area contributed by atoms with Crippen LogP contribution in [0.4, 0.5) is 19.1 Å². The van der Waals surface area contributed by atoms with Gasteiger partial charge in [-0.25, -0.2) is 14.3 Å². The van der Waals surface area contributed by atoms with E-state index in [0.717, 1.165) is 0 Å². The standard InChI is InChI=1S/C29H26Cl2F3N6O5Si/c1-15-11-19-23(14-39(15)25(41)16-5-10-20(30)21(31)12-16)35-28(37-46(4)18-8-6-17(7-9-18)45-29(32,33)34)40(26(19)42)24-13-22(27(43)44-3)36-38(24)2/h5-10,12-13,15H,11,14H2,1-4H3,(H,35,37)/t15-/m1/s1. The molecule has 241 valence electrons. The van der Waals surface area contributed by atoms with Crippen molar-refractivity contribution in [3.63, 3.8) is 0 Å². The molecule has 1 aliphatic heterocycles. The smallest absolute Gasteiger partial charge is 0.464 e. The number of nitrogens with zero attached hydrogens (tertiary/aromatic N) is 5. The van der Waals surface area contributed by atoms with Gasteiger partial charge in [0.05, 0.1) is 29.4 Å². The van der Waals surface area contributed by atoms with Crippen molar-refractivity contribution >= 4 is 55.2 Å². The molecular weight excluding hydrogens is 668 g/mol. The van der Waals surface area contributed by atoms with Crippen molar-refractivity contribution in [2.24, 2.45) is 7.05 Å². The lowest BCUT2D eigenvalue weighted by atomic mass is 9.98. The third-order valence-corrected chi connectivity index (χ3v) is 9.88. The van der Waals surface area contributed by atoms with E-state index in [1.165, 1.54) is 58.8 Å². The Hall–Kier alpha value is -4.34. The van der Waals surface area contributed by atoms with Crippen LogP contribution in [0.15, 0.2) is 53.3 Å². The number of esters is 1. The van der Waals surface area contributed by atoms with Crippen molar-refractivity contribution in [2.45, 2.75) is 38.8 Å². The minimum atomic E-state index is -4.83. The summed E-state index contributed by atoms with van der Waals surface area (Å²) in [4.78, 5) is 49.6. The number of nitrogens with one attached hydrogen (secondary N) is 1. The summed E-state index contributed by atoms with van der Waals surface area (Å²) in [5.41, 5.74) is 0.567. The van der Waals surface area contributed by atoms with Gasteiger partial charge < -0.3 is 19.4 Å². The van der Waals surface area contributed by atoms with Crippen molar-refractivity contribution in [2.75, 3.05) is 12.1 Å². The zero-order valence-electron chi connectivity index (χ0n) is 24.8. The second kappa shape index (κ2) is 12.8. The molecule has 0 saturated carbocycles. The predicted octanol–water partition coefficient (Wildman–Crippen LogP) is 4.49. The highest BCUT2D eigenvalue weighted by Gasteiger charge is 2.34. The number of aryl methyl sites for hydroxylation is 1. The number of methoxy groups -OCH3 is 1. The largest absolute Gasteiger partial charge is 0.573 e. The van der Waals surface area contributed by atoms with Crippen LogP contribution >= 0.6 is 23.2 Å². The van der Waals surface area contributed by atoms with E-state index >= 15 is 0 Å². The molecular formula is C29H26Cl2F3N6O5Si. The minimum absolute atomic E-state index is 0.00834. The van der Waals surface area contributed by atoms with Crippen LogP contribution in [0.3, 0.4) is 0 Å². The number of hydrogen-bond acceptors (Lipinski definition) is 8. The Labute approximate surface area is 272 Å². The molecule has 0 bridgehead atoms. The third kappa shape index (κ3) is 6.76. The highest BCUT2D eigenvalue weighted by Crippen LogP contribution is 2.28. The van der Waals surface area contributed by atoms with E-state index in [9.17, 15) is 27.6 Å². The lowest BCUT2D eigenvalue weighted by Crippen LogP contribution is -2.47. The number of anilines is 1. The summed E-state index contributed by atoms with van der Waals surface area (Å²) in [5, 5.41) is 5.37. The number of rotatable bonds is 7. The summed E-state index contributed by atoms with van der Waals surface area (Å²) < 4.78 is 49.4. The molecule has 1 radical (unpaired) electrons. The van der Waals surface area contributed by atoms with Gasteiger partial charge in [0.25, 0.3) is 11.5 Å². The number of carbonyl (C=O) groups is 2. The van der Waals surface area contributed by atoms with Crippen LogP contribution in [-0.2, 0) is 24.8 Å². The zero-order chi connectivity index (χ0) is 33.5. The van der Waals surface area contributed by atoms with E-state index in [1.54, 1.807) is 18.0 Å². The molecule has 0 spiro atoms. The van der Waals surface area contributed by atoms with Crippen molar-refractivity contribution in [1.82, 2.24) is 24.2 Å². The van der Waals surface area contributed by atoms with E-state index in [2.05, 4.69) is 14.8 Å². The normalized spacial score (nSPS) is 14.7. The Bertz CT molecular complexity index is 1880. The van der Waals surface area contributed by atoms with E-state index in [4.69, 9.17) is 32.9 Å². The average Bonchev–Trinajstić information content (AvgIpc) is 3.38. The molecule has 5 rings (SSSR count). The van der Waals surface area contributed by atoms with Crippen LogP contribution in [0.1, 0.15) is 39.0 Å². The minimum Gasteiger partial charge on any atom is -0.464 e. The fourth-order valence-corrected chi connectivity index (χ4v) is 6.65. The number of amides is 1. The molecule has 1 atom stereocenters. The van der Waals surface area contributed by atoms with E-state index < -0.39 is 32.9 Å². The van der Waals surface area contributed by atoms with Crippen molar-refractivity contribution in [1.29, 1.82) is 0 Å². The van der Waals surface area contributed by atoms with E-state index in [1.807, 2.05) is 13.5 Å². The number of halogens is 5. The fourth-order valence-electron chi connectivity index (χ4n) is 5.04. The number of aromatic nitrogens is 4. The van der Waals surface area contributed by atoms with E-state index in [0.29, 0.717) is 27.0 Å². The highest BCUT2D eigenvalue weighted by molar-refractivity contribution is 6.74. The molecule has 1 amide bonds. The topological polar surface area (TPSA) is 121 Å². The van der Waals surface area contributed by atoms with Gasteiger partial charge in [-0.3, -0.25) is 14.3 Å². The van der Waals surface area contributed by atoms with Crippen LogP contribution in [0.2, 0.25) is 16.6 Å². The highest BCUT2D eigenvalue weighted by atomic mass is 35.5. The van der Waals surface area contributed by atoms with Crippen LogP contribution in [0.5, 0.6) is 5.75 Å². The summed E-state index contributed by atoms with van der Waals surface area (Å²) in [6.45, 7) is 3.65. The Morgan fingerprint density at radius 1 is 1.09 bits per heavy atom. The molecule has 17 heteroatoms. The predicted molar refractivity (Wildman–Crippen MR) is 165 cm³/mol. The molecule has 11 nitrogen and oxygen atoms in total. The van der Waals surface area contributed by atoms with Crippen LogP contribution in [-0.4, -0.2) is 64.6 Å². The van der Waals surface area contributed by atoms with Gasteiger partial charge in [-0.1, -0.05) is 35.3 Å².